The Balaban J connectivity index is 1.76. The van der Waals surface area contributed by atoms with Crippen LogP contribution in [0.5, 0.6) is 0 Å². The molecule has 2 rings (SSSR count). The Kier molecular flexibility index (Phi) is 7.21. The van der Waals surface area contributed by atoms with E-state index in [4.69, 9.17) is 4.84 Å². The molecule has 28 heavy (non-hydrogen) atoms. The summed E-state index contributed by atoms with van der Waals surface area (Å²) >= 11 is 0. The first-order valence-electron chi connectivity index (χ1n) is 8.45. The lowest BCUT2D eigenvalue weighted by atomic mass is 10.0. The van der Waals surface area contributed by atoms with E-state index < -0.39 is 16.7 Å². The predicted molar refractivity (Wildman–Crippen MR) is 105 cm³/mol. The van der Waals surface area contributed by atoms with Gasteiger partial charge >= 0.3 is 0 Å². The van der Waals surface area contributed by atoms with Gasteiger partial charge in [-0.05, 0) is 29.7 Å². The first kappa shape index (κ1) is 20.6. The van der Waals surface area contributed by atoms with E-state index in [0.717, 1.165) is 11.8 Å². The zero-order valence-corrected chi connectivity index (χ0v) is 15.4. The van der Waals surface area contributed by atoms with Gasteiger partial charge in [-0.3, -0.25) is 19.7 Å². The molecule has 0 aromatic heterocycles. The highest BCUT2D eigenvalue weighted by atomic mass is 16.6. The fourth-order valence-corrected chi connectivity index (χ4v) is 2.20. The highest BCUT2D eigenvalue weighted by Crippen LogP contribution is 2.17. The summed E-state index contributed by atoms with van der Waals surface area (Å²) in [7, 11) is 0. The number of oxime groups is 1. The molecule has 2 N–H and O–H groups in total. The van der Waals surface area contributed by atoms with Crippen molar-refractivity contribution in [3.63, 3.8) is 0 Å². The number of amides is 2. The Morgan fingerprint density at radius 1 is 1.14 bits per heavy atom. The minimum Gasteiger partial charge on any atom is -0.385 e. The lowest BCUT2D eigenvalue weighted by Gasteiger charge is -2.08. The number of rotatable bonds is 8. The number of anilines is 2. The molecule has 0 aliphatic carbocycles. The zero-order chi connectivity index (χ0) is 20.5. The van der Waals surface area contributed by atoms with E-state index in [9.17, 15) is 19.7 Å². The molecular weight excluding hydrogens is 364 g/mol. The van der Waals surface area contributed by atoms with Gasteiger partial charge in [0.15, 0.2) is 6.61 Å². The average molecular weight is 384 g/mol. The third kappa shape index (κ3) is 6.52. The van der Waals surface area contributed by atoms with Crippen LogP contribution in [0.1, 0.15) is 25.3 Å². The summed E-state index contributed by atoms with van der Waals surface area (Å²) in [5, 5.41) is 19.2. The van der Waals surface area contributed by atoms with E-state index in [-0.39, 0.29) is 18.0 Å². The number of hydrogen-bond acceptors (Lipinski definition) is 6. The standard InChI is InChI=1S/C19H20N4O5/c1-13(2)14-6-8-15(9-7-14)21-19(25)12-28-20-11-18(24)22-16-4-3-5-17(10-16)23(26)27/h3-11,13H,12H2,1-2H3,(H,21,25)(H,22,24)/b20-11-. The van der Waals surface area contributed by atoms with Crippen molar-refractivity contribution in [2.24, 2.45) is 5.16 Å². The molecule has 0 atom stereocenters. The van der Waals surface area contributed by atoms with Crippen LogP contribution in [0.3, 0.4) is 0 Å². The van der Waals surface area contributed by atoms with Crippen LogP contribution < -0.4 is 10.6 Å². The summed E-state index contributed by atoms with van der Waals surface area (Å²) in [5.41, 5.74) is 1.89. The quantitative estimate of drug-likeness (QED) is 0.411. The minimum atomic E-state index is -0.648. The summed E-state index contributed by atoms with van der Waals surface area (Å²) in [6.45, 7) is 3.79. The molecule has 0 saturated carbocycles. The van der Waals surface area contributed by atoms with Gasteiger partial charge in [-0.2, -0.15) is 0 Å². The number of nitrogens with one attached hydrogen (secondary N) is 2. The summed E-state index contributed by atoms with van der Waals surface area (Å²) < 4.78 is 0. The molecule has 0 saturated heterocycles. The molecule has 0 heterocycles. The van der Waals surface area contributed by atoms with E-state index >= 15 is 0 Å². The van der Waals surface area contributed by atoms with Crippen LogP contribution in [0.15, 0.2) is 53.7 Å². The van der Waals surface area contributed by atoms with Gasteiger partial charge in [-0.25, -0.2) is 0 Å². The van der Waals surface area contributed by atoms with Crippen LogP contribution in [-0.4, -0.2) is 29.6 Å². The van der Waals surface area contributed by atoms with Gasteiger partial charge in [-0.15, -0.1) is 0 Å². The largest absolute Gasteiger partial charge is 0.385 e. The van der Waals surface area contributed by atoms with Crippen molar-refractivity contribution in [1.29, 1.82) is 0 Å². The third-order valence-electron chi connectivity index (χ3n) is 3.63. The van der Waals surface area contributed by atoms with Gasteiger partial charge < -0.3 is 15.5 Å². The lowest BCUT2D eigenvalue weighted by Crippen LogP contribution is -2.18. The molecule has 2 aromatic carbocycles. The van der Waals surface area contributed by atoms with Gasteiger partial charge in [0.2, 0.25) is 0 Å². The summed E-state index contributed by atoms with van der Waals surface area (Å²) in [5.74, 6) is -0.672. The Morgan fingerprint density at radius 3 is 2.50 bits per heavy atom. The topological polar surface area (TPSA) is 123 Å². The molecule has 9 heteroatoms. The highest BCUT2D eigenvalue weighted by Gasteiger charge is 2.07. The van der Waals surface area contributed by atoms with E-state index in [2.05, 4.69) is 29.6 Å². The van der Waals surface area contributed by atoms with E-state index in [1.54, 1.807) is 12.1 Å². The molecule has 0 radical (unpaired) electrons. The fourth-order valence-electron chi connectivity index (χ4n) is 2.20. The highest BCUT2D eigenvalue weighted by molar-refractivity contribution is 6.31. The van der Waals surface area contributed by atoms with Crippen LogP contribution in [0.25, 0.3) is 0 Å². The van der Waals surface area contributed by atoms with Gasteiger partial charge in [0, 0.05) is 23.5 Å². The SMILES string of the molecule is CC(C)c1ccc(NC(=O)CO/N=C\C(=O)Nc2cccc([N+](=O)[O-])c2)cc1. The molecule has 2 aromatic rings. The number of nitrogens with zero attached hydrogens (tertiary/aromatic N) is 2. The Bertz CT molecular complexity index is 878. The van der Waals surface area contributed by atoms with Crippen molar-refractivity contribution < 1.29 is 19.3 Å². The van der Waals surface area contributed by atoms with Crippen LogP contribution in [0.4, 0.5) is 17.1 Å². The average Bonchev–Trinajstić information content (AvgIpc) is 2.66. The number of benzene rings is 2. The third-order valence-corrected chi connectivity index (χ3v) is 3.63. The van der Waals surface area contributed by atoms with Crippen molar-refractivity contribution in [2.45, 2.75) is 19.8 Å². The maximum absolute atomic E-state index is 11.8. The molecule has 0 bridgehead atoms. The second-order valence-corrected chi connectivity index (χ2v) is 6.13. The zero-order valence-electron chi connectivity index (χ0n) is 15.4. The normalized spacial score (nSPS) is 10.7. The lowest BCUT2D eigenvalue weighted by molar-refractivity contribution is -0.384. The van der Waals surface area contributed by atoms with Crippen LogP contribution >= 0.6 is 0 Å². The van der Waals surface area contributed by atoms with E-state index in [0.29, 0.717) is 11.6 Å². The van der Waals surface area contributed by atoms with Gasteiger partial charge in [0.1, 0.15) is 6.21 Å². The molecule has 0 fully saturated rings. The first-order chi connectivity index (χ1) is 13.3. The number of nitro groups is 1. The predicted octanol–water partition coefficient (Wildman–Crippen LogP) is 3.30. The molecule has 2 amide bonds. The minimum absolute atomic E-state index is 0.149. The fraction of sp³-hybridized carbons (Fsp3) is 0.211. The second-order valence-electron chi connectivity index (χ2n) is 6.13. The Morgan fingerprint density at radius 2 is 1.86 bits per heavy atom. The van der Waals surface area contributed by atoms with E-state index in [1.807, 2.05) is 12.1 Å². The van der Waals surface area contributed by atoms with E-state index in [1.165, 1.54) is 24.3 Å². The maximum atomic E-state index is 11.8. The number of hydrogen-bond donors (Lipinski definition) is 2. The van der Waals surface area contributed by atoms with Crippen molar-refractivity contribution in [1.82, 2.24) is 0 Å². The Hall–Kier alpha value is -3.75. The number of carbonyl (C=O) groups is 2. The summed E-state index contributed by atoms with van der Waals surface area (Å²) in [4.78, 5) is 38.4. The number of nitro benzene ring substituents is 1. The van der Waals surface area contributed by atoms with Gasteiger partial charge in [-0.1, -0.05) is 37.2 Å². The summed E-state index contributed by atoms with van der Waals surface area (Å²) in [6, 6.07) is 12.9. The molecule has 146 valence electrons. The van der Waals surface area contributed by atoms with Crippen LogP contribution in [0, 0.1) is 10.1 Å². The molecule has 0 aliphatic heterocycles. The van der Waals surface area contributed by atoms with Gasteiger partial charge in [0.05, 0.1) is 4.92 Å². The molecule has 0 spiro atoms. The first-order valence-corrected chi connectivity index (χ1v) is 8.45. The Labute approximate surface area is 161 Å². The molecule has 0 unspecified atom stereocenters. The van der Waals surface area contributed by atoms with Gasteiger partial charge in [0.25, 0.3) is 17.5 Å². The number of non-ortho nitro benzene ring substituents is 1. The molecule has 0 aliphatic rings. The summed E-state index contributed by atoms with van der Waals surface area (Å²) in [6.07, 6.45) is 0.837. The maximum Gasteiger partial charge on any atom is 0.271 e. The van der Waals surface area contributed by atoms with Crippen molar-refractivity contribution in [2.75, 3.05) is 17.2 Å². The van der Waals surface area contributed by atoms with Crippen LogP contribution in [-0.2, 0) is 14.4 Å². The smallest absolute Gasteiger partial charge is 0.271 e. The van der Waals surface area contributed by atoms with Crippen molar-refractivity contribution in [3.8, 4) is 0 Å². The number of carbonyl (C=O) groups excluding carboxylic acids is 2. The molecular formula is C19H20N4O5. The second kappa shape index (κ2) is 9.81. The van der Waals surface area contributed by atoms with Crippen molar-refractivity contribution >= 4 is 35.1 Å². The van der Waals surface area contributed by atoms with Crippen molar-refractivity contribution in [3.05, 3.63) is 64.2 Å². The molecule has 9 nitrogen and oxygen atoms in total. The van der Waals surface area contributed by atoms with Crippen LogP contribution in [0.2, 0.25) is 0 Å². The monoisotopic (exact) mass is 384 g/mol.